The molecule has 170 valence electrons. The Morgan fingerprint density at radius 2 is 1.53 bits per heavy atom. The van der Waals surface area contributed by atoms with Gasteiger partial charge in [0.1, 0.15) is 5.75 Å². The molecule has 7 heteroatoms. The Kier molecular flexibility index (Phi) is 6.90. The topological polar surface area (TPSA) is 72.7 Å². The minimum atomic E-state index is -0.535. The number of esters is 1. The third-order valence-corrected chi connectivity index (χ3v) is 5.55. The molecule has 0 aliphatic carbocycles. The molecular formula is C27H22ClN3O3. The fourth-order valence-corrected chi connectivity index (χ4v) is 3.69. The number of halogens is 1. The number of nitrogens with one attached hydrogen (secondary N) is 1. The number of aromatic nitrogens is 1. The summed E-state index contributed by atoms with van der Waals surface area (Å²) in [6.07, 6.45) is 1.51. The second kappa shape index (κ2) is 10.2. The Morgan fingerprint density at radius 3 is 2.18 bits per heavy atom. The molecule has 0 bridgehead atoms. The van der Waals surface area contributed by atoms with Crippen molar-refractivity contribution in [2.75, 3.05) is 0 Å². The number of rotatable bonds is 6. The Hall–Kier alpha value is -4.16. The number of hydrogen-bond acceptors (Lipinski definition) is 4. The Bertz CT molecular complexity index is 1340. The highest BCUT2D eigenvalue weighted by molar-refractivity contribution is 6.33. The van der Waals surface area contributed by atoms with Gasteiger partial charge in [-0.05, 0) is 92.2 Å². The number of hydrogen-bond donors (Lipinski definition) is 1. The smallest absolute Gasteiger partial charge is 0.345 e. The molecule has 0 unspecified atom stereocenters. The van der Waals surface area contributed by atoms with Gasteiger partial charge < -0.3 is 9.30 Å². The van der Waals surface area contributed by atoms with Crippen LogP contribution in [0.4, 0.5) is 0 Å². The summed E-state index contributed by atoms with van der Waals surface area (Å²) in [6.45, 7) is 4.08. The van der Waals surface area contributed by atoms with Crippen LogP contribution in [0, 0.1) is 13.8 Å². The van der Waals surface area contributed by atoms with E-state index in [2.05, 4.69) is 27.2 Å². The molecule has 0 saturated carbocycles. The zero-order valence-corrected chi connectivity index (χ0v) is 19.4. The molecule has 4 rings (SSSR count). The van der Waals surface area contributed by atoms with Crippen molar-refractivity contribution in [1.29, 1.82) is 0 Å². The quantitative estimate of drug-likeness (QED) is 0.169. The van der Waals surface area contributed by atoms with Crippen molar-refractivity contribution >= 4 is 29.7 Å². The number of benzene rings is 3. The van der Waals surface area contributed by atoms with Gasteiger partial charge in [0.25, 0.3) is 5.91 Å². The van der Waals surface area contributed by atoms with Gasteiger partial charge in [0.05, 0.1) is 16.8 Å². The zero-order valence-electron chi connectivity index (χ0n) is 18.7. The summed E-state index contributed by atoms with van der Waals surface area (Å²) < 4.78 is 7.47. The Balaban J connectivity index is 1.34. The molecule has 0 aliphatic rings. The lowest BCUT2D eigenvalue weighted by Crippen LogP contribution is -2.17. The number of carbonyl (C=O) groups excluding carboxylic acids is 2. The molecule has 0 spiro atoms. The van der Waals surface area contributed by atoms with Crippen LogP contribution in [0.25, 0.3) is 5.69 Å². The fraction of sp³-hybridized carbons (Fsp3) is 0.0741. The maximum atomic E-state index is 12.4. The van der Waals surface area contributed by atoms with Crippen molar-refractivity contribution < 1.29 is 14.3 Å². The summed E-state index contributed by atoms with van der Waals surface area (Å²) in [4.78, 5) is 24.6. The van der Waals surface area contributed by atoms with E-state index in [4.69, 9.17) is 16.3 Å². The van der Waals surface area contributed by atoms with Crippen LogP contribution < -0.4 is 10.2 Å². The van der Waals surface area contributed by atoms with Gasteiger partial charge in [-0.1, -0.05) is 23.7 Å². The van der Waals surface area contributed by atoms with E-state index in [-0.39, 0.29) is 5.91 Å². The van der Waals surface area contributed by atoms with Gasteiger partial charge in [0.15, 0.2) is 0 Å². The Labute approximate surface area is 202 Å². The molecule has 0 aliphatic heterocycles. The minimum absolute atomic E-state index is 0.296. The summed E-state index contributed by atoms with van der Waals surface area (Å²) >= 11 is 6.03. The van der Waals surface area contributed by atoms with E-state index in [1.165, 1.54) is 6.21 Å². The predicted molar refractivity (Wildman–Crippen MR) is 133 cm³/mol. The SMILES string of the molecule is Cc1ccc(C)n1-c1ccc(C(=O)N/N=C/c2ccc(OC(=O)c3ccccc3Cl)cc2)cc1. The van der Waals surface area contributed by atoms with Gasteiger partial charge >= 0.3 is 5.97 Å². The lowest BCUT2D eigenvalue weighted by atomic mass is 10.2. The van der Waals surface area contributed by atoms with Crippen LogP contribution in [0.5, 0.6) is 5.75 Å². The van der Waals surface area contributed by atoms with Crippen molar-refractivity contribution in [1.82, 2.24) is 9.99 Å². The normalized spacial score (nSPS) is 10.9. The molecule has 1 heterocycles. The molecule has 4 aromatic rings. The average molecular weight is 472 g/mol. The highest BCUT2D eigenvalue weighted by atomic mass is 35.5. The molecule has 0 radical (unpaired) electrons. The van der Waals surface area contributed by atoms with Crippen LogP contribution in [-0.2, 0) is 0 Å². The van der Waals surface area contributed by atoms with Gasteiger partial charge in [0.2, 0.25) is 0 Å². The second-order valence-electron chi connectivity index (χ2n) is 7.64. The number of hydrazone groups is 1. The molecule has 1 amide bonds. The summed E-state index contributed by atoms with van der Waals surface area (Å²) in [5.74, 6) is -0.471. The molecule has 0 saturated heterocycles. The van der Waals surface area contributed by atoms with Crippen molar-refractivity contribution in [3.8, 4) is 11.4 Å². The monoisotopic (exact) mass is 471 g/mol. The maximum Gasteiger partial charge on any atom is 0.345 e. The second-order valence-corrected chi connectivity index (χ2v) is 8.04. The molecule has 0 fully saturated rings. The summed E-state index contributed by atoms with van der Waals surface area (Å²) in [6, 6.07) is 24.9. The van der Waals surface area contributed by atoms with Crippen molar-refractivity contribution in [2.24, 2.45) is 5.10 Å². The Morgan fingerprint density at radius 1 is 0.882 bits per heavy atom. The molecule has 6 nitrogen and oxygen atoms in total. The largest absolute Gasteiger partial charge is 0.423 e. The molecular weight excluding hydrogens is 450 g/mol. The van der Waals surface area contributed by atoms with Crippen LogP contribution in [-0.4, -0.2) is 22.7 Å². The van der Waals surface area contributed by atoms with E-state index >= 15 is 0 Å². The number of amides is 1. The van der Waals surface area contributed by atoms with E-state index in [1.807, 2.05) is 26.0 Å². The first kappa shape index (κ1) is 23.0. The fourth-order valence-electron chi connectivity index (χ4n) is 3.48. The third-order valence-electron chi connectivity index (χ3n) is 5.22. The molecule has 3 aromatic carbocycles. The van der Waals surface area contributed by atoms with Gasteiger partial charge in [-0.15, -0.1) is 0 Å². The average Bonchev–Trinajstić information content (AvgIpc) is 3.18. The van der Waals surface area contributed by atoms with Gasteiger partial charge in [0, 0.05) is 22.6 Å². The number of aryl methyl sites for hydroxylation is 2. The van der Waals surface area contributed by atoms with Crippen molar-refractivity contribution in [3.05, 3.63) is 118 Å². The molecule has 0 atom stereocenters. The first-order valence-electron chi connectivity index (χ1n) is 10.6. The number of ether oxygens (including phenoxy) is 1. The van der Waals surface area contributed by atoms with E-state index in [0.717, 1.165) is 22.6 Å². The number of carbonyl (C=O) groups is 2. The lowest BCUT2D eigenvalue weighted by molar-refractivity contribution is 0.0734. The summed E-state index contributed by atoms with van der Waals surface area (Å²) in [5.41, 5.74) is 7.30. The van der Waals surface area contributed by atoms with E-state index in [1.54, 1.807) is 60.7 Å². The van der Waals surface area contributed by atoms with Gasteiger partial charge in [-0.2, -0.15) is 5.10 Å². The highest BCUT2D eigenvalue weighted by Crippen LogP contribution is 2.19. The zero-order chi connectivity index (χ0) is 24.1. The third kappa shape index (κ3) is 5.24. The summed E-state index contributed by atoms with van der Waals surface area (Å²) in [5, 5.41) is 4.34. The van der Waals surface area contributed by atoms with Crippen molar-refractivity contribution in [2.45, 2.75) is 13.8 Å². The molecule has 34 heavy (non-hydrogen) atoms. The van der Waals surface area contributed by atoms with Crippen LogP contribution >= 0.6 is 11.6 Å². The first-order chi connectivity index (χ1) is 16.4. The standard InChI is InChI=1S/C27H22ClN3O3/c1-18-7-8-19(2)31(18)22-13-11-21(12-14-22)26(32)30-29-17-20-9-15-23(16-10-20)34-27(33)24-5-3-4-6-25(24)28/h3-17H,1-2H3,(H,30,32)/b29-17+. The molecule has 1 aromatic heterocycles. The van der Waals surface area contributed by atoms with Gasteiger partial charge in [-0.25, -0.2) is 10.2 Å². The van der Waals surface area contributed by atoms with E-state index in [9.17, 15) is 9.59 Å². The van der Waals surface area contributed by atoms with Gasteiger partial charge in [-0.3, -0.25) is 4.79 Å². The lowest BCUT2D eigenvalue weighted by Gasteiger charge is -2.10. The van der Waals surface area contributed by atoms with Crippen LogP contribution in [0.3, 0.4) is 0 Å². The molecule has 1 N–H and O–H groups in total. The van der Waals surface area contributed by atoms with E-state index in [0.29, 0.717) is 21.9 Å². The predicted octanol–water partition coefficient (Wildman–Crippen LogP) is 5.73. The maximum absolute atomic E-state index is 12.4. The first-order valence-corrected chi connectivity index (χ1v) is 11.0. The highest BCUT2D eigenvalue weighted by Gasteiger charge is 2.12. The van der Waals surface area contributed by atoms with Crippen molar-refractivity contribution in [3.63, 3.8) is 0 Å². The van der Waals surface area contributed by atoms with Crippen LogP contribution in [0.2, 0.25) is 5.02 Å². The summed E-state index contributed by atoms with van der Waals surface area (Å²) in [7, 11) is 0. The van der Waals surface area contributed by atoms with E-state index < -0.39 is 5.97 Å². The van der Waals surface area contributed by atoms with Crippen LogP contribution in [0.1, 0.15) is 37.7 Å². The van der Waals surface area contributed by atoms with Crippen LogP contribution in [0.15, 0.2) is 90.0 Å². The minimum Gasteiger partial charge on any atom is -0.423 e. The number of nitrogens with zero attached hydrogens (tertiary/aromatic N) is 2.